The van der Waals surface area contributed by atoms with Gasteiger partial charge in [0.1, 0.15) is 6.61 Å². The van der Waals surface area contributed by atoms with Crippen LogP contribution in [0.4, 0.5) is 0 Å². The maximum Gasteiger partial charge on any atom is 0.338 e. The maximum absolute atomic E-state index is 12.3. The third-order valence-corrected chi connectivity index (χ3v) is 3.80. The van der Waals surface area contributed by atoms with Crippen LogP contribution in [-0.4, -0.2) is 30.2 Å². The van der Waals surface area contributed by atoms with E-state index in [1.807, 2.05) is 31.2 Å². The van der Waals surface area contributed by atoms with Crippen LogP contribution in [0, 0.1) is 6.92 Å². The monoisotopic (exact) mass is 338 g/mol. The first kappa shape index (κ1) is 16.7. The topological polar surface area (TPSA) is 70.5 Å². The van der Waals surface area contributed by atoms with Gasteiger partial charge in [0.2, 0.25) is 0 Å². The van der Waals surface area contributed by atoms with E-state index in [1.54, 1.807) is 18.2 Å². The summed E-state index contributed by atoms with van der Waals surface area (Å²) in [4.78, 5) is 21.3. The van der Waals surface area contributed by atoms with Gasteiger partial charge in [0.15, 0.2) is 11.5 Å². The zero-order chi connectivity index (χ0) is 17.8. The molecular weight excluding hydrogens is 320 g/mol. The van der Waals surface area contributed by atoms with Crippen molar-refractivity contribution in [1.82, 2.24) is 9.97 Å². The second-order valence-electron chi connectivity index (χ2n) is 5.39. The lowest BCUT2D eigenvalue weighted by atomic mass is 10.2. The summed E-state index contributed by atoms with van der Waals surface area (Å²) in [5.41, 5.74) is 3.33. The molecule has 0 aliphatic carbocycles. The highest BCUT2D eigenvalue weighted by Gasteiger charge is 2.13. The molecule has 2 aromatic carbocycles. The number of aromatic nitrogens is 2. The molecule has 0 N–H and O–H groups in total. The minimum absolute atomic E-state index is 0.0524. The van der Waals surface area contributed by atoms with E-state index in [1.165, 1.54) is 14.2 Å². The van der Waals surface area contributed by atoms with Gasteiger partial charge in [-0.3, -0.25) is 0 Å². The van der Waals surface area contributed by atoms with Crippen molar-refractivity contribution in [2.24, 2.45) is 0 Å². The Morgan fingerprint density at radius 3 is 2.32 bits per heavy atom. The first-order valence-corrected chi connectivity index (χ1v) is 7.74. The van der Waals surface area contributed by atoms with Gasteiger partial charge < -0.3 is 14.2 Å². The molecule has 0 atom stereocenters. The summed E-state index contributed by atoms with van der Waals surface area (Å²) in [5, 5.41) is 0. The van der Waals surface area contributed by atoms with Crippen molar-refractivity contribution in [3.05, 3.63) is 59.4 Å². The molecular formula is C19H18N2O4. The van der Waals surface area contributed by atoms with Crippen LogP contribution in [0.3, 0.4) is 0 Å². The fourth-order valence-electron chi connectivity index (χ4n) is 2.44. The fourth-order valence-corrected chi connectivity index (χ4v) is 2.44. The maximum atomic E-state index is 12.3. The van der Waals surface area contributed by atoms with E-state index < -0.39 is 5.97 Å². The molecule has 6 nitrogen and oxygen atoms in total. The third-order valence-electron chi connectivity index (χ3n) is 3.80. The molecule has 25 heavy (non-hydrogen) atoms. The Morgan fingerprint density at radius 1 is 0.960 bits per heavy atom. The molecule has 0 spiro atoms. The predicted octanol–water partition coefficient (Wildman–Crippen LogP) is 3.31. The van der Waals surface area contributed by atoms with E-state index in [9.17, 15) is 4.79 Å². The molecule has 1 heterocycles. The molecule has 0 fully saturated rings. The zero-order valence-electron chi connectivity index (χ0n) is 14.3. The third kappa shape index (κ3) is 3.52. The lowest BCUT2D eigenvalue weighted by Crippen LogP contribution is -2.08. The SMILES string of the molecule is COc1ccc(C(=O)OCc2nc3ccccc3nc2C)cc1OC. The second-order valence-corrected chi connectivity index (χ2v) is 5.39. The first-order valence-electron chi connectivity index (χ1n) is 7.74. The molecule has 1 aromatic heterocycles. The molecule has 3 aromatic rings. The van der Waals surface area contributed by atoms with Crippen LogP contribution in [-0.2, 0) is 11.3 Å². The van der Waals surface area contributed by atoms with Crippen molar-refractivity contribution in [1.29, 1.82) is 0 Å². The van der Waals surface area contributed by atoms with Crippen molar-refractivity contribution in [3.63, 3.8) is 0 Å². The minimum Gasteiger partial charge on any atom is -0.493 e. The summed E-state index contributed by atoms with van der Waals surface area (Å²) in [6.07, 6.45) is 0. The second kappa shape index (κ2) is 7.17. The van der Waals surface area contributed by atoms with Gasteiger partial charge in [-0.15, -0.1) is 0 Å². The molecule has 0 aliphatic heterocycles. The summed E-state index contributed by atoms with van der Waals surface area (Å²) >= 11 is 0. The van der Waals surface area contributed by atoms with Crippen molar-refractivity contribution in [2.45, 2.75) is 13.5 Å². The van der Waals surface area contributed by atoms with E-state index in [-0.39, 0.29) is 6.61 Å². The number of aryl methyl sites for hydroxylation is 1. The van der Waals surface area contributed by atoms with E-state index in [4.69, 9.17) is 14.2 Å². The molecule has 128 valence electrons. The fraction of sp³-hybridized carbons (Fsp3) is 0.211. The Bertz CT molecular complexity index is 924. The number of nitrogens with zero attached hydrogens (tertiary/aromatic N) is 2. The lowest BCUT2D eigenvalue weighted by Gasteiger charge is -2.10. The van der Waals surface area contributed by atoms with E-state index in [0.717, 1.165) is 16.7 Å². The molecule has 0 saturated carbocycles. The quantitative estimate of drug-likeness (QED) is 0.665. The number of carbonyl (C=O) groups excluding carboxylic acids is 1. The largest absolute Gasteiger partial charge is 0.493 e. The van der Waals surface area contributed by atoms with Crippen molar-refractivity contribution >= 4 is 17.0 Å². The Hall–Kier alpha value is -3.15. The van der Waals surface area contributed by atoms with Gasteiger partial charge in [0, 0.05) is 0 Å². The number of esters is 1. The predicted molar refractivity (Wildman–Crippen MR) is 92.9 cm³/mol. The van der Waals surface area contributed by atoms with Crippen LogP contribution < -0.4 is 9.47 Å². The van der Waals surface area contributed by atoms with E-state index >= 15 is 0 Å². The number of ether oxygens (including phenoxy) is 3. The van der Waals surface area contributed by atoms with Crippen LogP contribution in [0.2, 0.25) is 0 Å². The summed E-state index contributed by atoms with van der Waals surface area (Å²) in [5.74, 6) is 0.559. The molecule has 0 amide bonds. The van der Waals surface area contributed by atoms with E-state index in [0.29, 0.717) is 22.8 Å². The Labute approximate surface area is 145 Å². The Morgan fingerprint density at radius 2 is 1.64 bits per heavy atom. The zero-order valence-corrected chi connectivity index (χ0v) is 14.3. The summed E-state index contributed by atoms with van der Waals surface area (Å²) in [6.45, 7) is 1.90. The van der Waals surface area contributed by atoms with Crippen LogP contribution in [0.1, 0.15) is 21.7 Å². The minimum atomic E-state index is -0.463. The van der Waals surface area contributed by atoms with E-state index in [2.05, 4.69) is 9.97 Å². The van der Waals surface area contributed by atoms with Crippen LogP contribution in [0.5, 0.6) is 11.5 Å². The standard InChI is InChI=1S/C19H18N2O4/c1-12-16(21-15-7-5-4-6-14(15)20-12)11-25-19(22)13-8-9-17(23-2)18(10-13)24-3/h4-10H,11H2,1-3H3. The van der Waals surface area contributed by atoms with Gasteiger partial charge in [-0.25, -0.2) is 14.8 Å². The van der Waals surface area contributed by atoms with Crippen molar-refractivity contribution in [2.75, 3.05) is 14.2 Å². The van der Waals surface area contributed by atoms with Gasteiger partial charge in [-0.05, 0) is 37.3 Å². The van der Waals surface area contributed by atoms with Gasteiger partial charge in [-0.2, -0.15) is 0 Å². The molecule has 3 rings (SSSR count). The number of para-hydroxylation sites is 2. The molecule has 0 bridgehead atoms. The van der Waals surface area contributed by atoms with Gasteiger partial charge in [-0.1, -0.05) is 12.1 Å². The van der Waals surface area contributed by atoms with Gasteiger partial charge in [0.25, 0.3) is 0 Å². The molecule has 6 heteroatoms. The highest BCUT2D eigenvalue weighted by molar-refractivity contribution is 5.90. The van der Waals surface area contributed by atoms with Gasteiger partial charge in [0.05, 0.1) is 42.2 Å². The molecule has 0 aliphatic rings. The highest BCUT2D eigenvalue weighted by atomic mass is 16.5. The number of fused-ring (bicyclic) bond motifs is 1. The summed E-state index contributed by atoms with van der Waals surface area (Å²) in [7, 11) is 3.05. The molecule has 0 unspecified atom stereocenters. The summed E-state index contributed by atoms with van der Waals surface area (Å²) in [6, 6.07) is 12.5. The normalized spacial score (nSPS) is 10.5. The number of methoxy groups -OCH3 is 2. The van der Waals surface area contributed by atoms with Crippen molar-refractivity contribution in [3.8, 4) is 11.5 Å². The van der Waals surface area contributed by atoms with Crippen LogP contribution in [0.15, 0.2) is 42.5 Å². The van der Waals surface area contributed by atoms with Gasteiger partial charge >= 0.3 is 5.97 Å². The average Bonchev–Trinajstić information content (AvgIpc) is 2.65. The Balaban J connectivity index is 1.77. The molecule has 0 radical (unpaired) electrons. The number of carbonyl (C=O) groups is 1. The van der Waals surface area contributed by atoms with Crippen LogP contribution >= 0.6 is 0 Å². The first-order chi connectivity index (χ1) is 12.1. The summed E-state index contributed by atoms with van der Waals surface area (Å²) < 4.78 is 15.7. The Kier molecular flexibility index (Phi) is 4.79. The number of rotatable bonds is 5. The smallest absolute Gasteiger partial charge is 0.338 e. The molecule has 0 saturated heterocycles. The highest BCUT2D eigenvalue weighted by Crippen LogP contribution is 2.28. The number of hydrogen-bond donors (Lipinski definition) is 0. The van der Waals surface area contributed by atoms with Crippen molar-refractivity contribution < 1.29 is 19.0 Å². The van der Waals surface area contributed by atoms with Crippen LogP contribution in [0.25, 0.3) is 11.0 Å². The number of hydrogen-bond acceptors (Lipinski definition) is 6. The lowest BCUT2D eigenvalue weighted by molar-refractivity contribution is 0.0466. The number of benzene rings is 2. The average molecular weight is 338 g/mol.